The third-order valence-corrected chi connectivity index (χ3v) is 1.99. The summed E-state index contributed by atoms with van der Waals surface area (Å²) < 4.78 is 17.4. The fourth-order valence-electron chi connectivity index (χ4n) is 0.696. The maximum absolute atomic E-state index is 12.8. The average molecular weight is 195 g/mol. The predicted molar refractivity (Wildman–Crippen MR) is 43.0 cm³/mol. The zero-order valence-electron chi connectivity index (χ0n) is 5.70. The van der Waals surface area contributed by atoms with E-state index in [1.54, 1.807) is 0 Å². The molecule has 0 saturated heterocycles. The van der Waals surface area contributed by atoms with Crippen molar-refractivity contribution < 1.29 is 9.13 Å². The highest BCUT2D eigenvalue weighted by Crippen LogP contribution is 2.33. The van der Waals surface area contributed by atoms with Gasteiger partial charge in [0.05, 0.1) is 12.1 Å². The second kappa shape index (κ2) is 3.28. The van der Waals surface area contributed by atoms with Crippen LogP contribution in [0.25, 0.3) is 0 Å². The lowest BCUT2D eigenvalue weighted by Gasteiger charge is -2.04. The molecule has 1 rings (SSSR count). The van der Waals surface area contributed by atoms with E-state index < -0.39 is 5.82 Å². The maximum Gasteiger partial charge on any atom is 0.174 e. The average Bonchev–Trinajstić information content (AvgIpc) is 1.99. The van der Waals surface area contributed by atoms with Crippen molar-refractivity contribution in [1.29, 1.82) is 0 Å². The summed E-state index contributed by atoms with van der Waals surface area (Å²) >= 11 is 11.2. The molecule has 0 saturated carbocycles. The zero-order valence-corrected chi connectivity index (χ0v) is 7.21. The molecular weight excluding hydrogens is 190 g/mol. The molecule has 0 bridgehead atoms. The van der Waals surface area contributed by atoms with Gasteiger partial charge in [-0.05, 0) is 12.1 Å². The Labute approximate surface area is 73.7 Å². The largest absolute Gasteiger partial charge is 0.492 e. The molecule has 0 radical (unpaired) electrons. The van der Waals surface area contributed by atoms with Gasteiger partial charge in [0.25, 0.3) is 0 Å². The summed E-state index contributed by atoms with van der Waals surface area (Å²) in [5.41, 5.74) is 0. The van der Waals surface area contributed by atoms with Gasteiger partial charge in [-0.15, -0.1) is 0 Å². The van der Waals surface area contributed by atoms with Crippen LogP contribution in [-0.2, 0) is 0 Å². The second-order valence-electron chi connectivity index (χ2n) is 1.88. The monoisotopic (exact) mass is 194 g/mol. The molecule has 11 heavy (non-hydrogen) atoms. The Balaban J connectivity index is 3.29. The number of hydrogen-bond donors (Lipinski definition) is 0. The minimum Gasteiger partial charge on any atom is -0.492 e. The molecule has 0 N–H and O–H groups in total. The first-order valence-corrected chi connectivity index (χ1v) is 3.60. The Morgan fingerprint density at radius 2 is 2.00 bits per heavy atom. The van der Waals surface area contributed by atoms with Gasteiger partial charge in [-0.3, -0.25) is 0 Å². The first-order valence-electron chi connectivity index (χ1n) is 2.84. The summed E-state index contributed by atoms with van der Waals surface area (Å²) in [6, 6.07) is 2.58. The Bertz CT molecular complexity index is 275. The van der Waals surface area contributed by atoms with Crippen molar-refractivity contribution >= 4 is 23.2 Å². The molecule has 1 nitrogen and oxygen atoms in total. The van der Waals surface area contributed by atoms with E-state index in [-0.39, 0.29) is 15.8 Å². The lowest BCUT2D eigenvalue weighted by Crippen LogP contribution is -1.88. The van der Waals surface area contributed by atoms with Gasteiger partial charge in [0.15, 0.2) is 11.6 Å². The molecule has 0 aromatic heterocycles. The molecule has 0 heterocycles. The van der Waals surface area contributed by atoms with Crippen LogP contribution in [0, 0.1) is 5.82 Å². The van der Waals surface area contributed by atoms with E-state index in [1.807, 2.05) is 0 Å². The Hall–Kier alpha value is -0.470. The van der Waals surface area contributed by atoms with Crippen LogP contribution < -0.4 is 4.74 Å². The molecule has 0 spiro atoms. The van der Waals surface area contributed by atoms with Crippen LogP contribution in [0.15, 0.2) is 12.1 Å². The lowest BCUT2D eigenvalue weighted by molar-refractivity contribution is 0.387. The number of ether oxygens (including phenoxy) is 1. The quantitative estimate of drug-likeness (QED) is 0.625. The summed E-state index contributed by atoms with van der Waals surface area (Å²) in [5, 5.41) is 0.388. The molecule has 1 aromatic rings. The molecule has 1 aromatic carbocycles. The highest BCUT2D eigenvalue weighted by Gasteiger charge is 2.09. The van der Waals surface area contributed by atoms with Crippen LogP contribution in [-0.4, -0.2) is 7.11 Å². The molecule has 0 unspecified atom stereocenters. The Morgan fingerprint density at radius 3 is 2.45 bits per heavy atom. The van der Waals surface area contributed by atoms with E-state index in [0.717, 1.165) is 0 Å². The number of rotatable bonds is 1. The SMILES string of the molecule is COc1c(F)ccc(Cl)c1Cl. The number of hydrogen-bond acceptors (Lipinski definition) is 1. The topological polar surface area (TPSA) is 9.23 Å². The molecule has 4 heteroatoms. The molecule has 0 aliphatic heterocycles. The Kier molecular flexibility index (Phi) is 2.58. The van der Waals surface area contributed by atoms with Gasteiger partial charge < -0.3 is 4.74 Å². The minimum atomic E-state index is -0.512. The van der Waals surface area contributed by atoms with Crippen molar-refractivity contribution in [3.63, 3.8) is 0 Å². The lowest BCUT2D eigenvalue weighted by atomic mass is 10.3. The van der Waals surface area contributed by atoms with E-state index in [9.17, 15) is 4.39 Å². The molecule has 60 valence electrons. The summed E-state index contributed by atoms with van der Waals surface area (Å²) in [7, 11) is 1.33. The summed E-state index contributed by atoms with van der Waals surface area (Å²) in [6.07, 6.45) is 0. The Morgan fingerprint density at radius 1 is 1.36 bits per heavy atom. The van der Waals surface area contributed by atoms with Gasteiger partial charge in [0.2, 0.25) is 0 Å². The van der Waals surface area contributed by atoms with Crippen molar-refractivity contribution in [3.8, 4) is 5.75 Å². The summed E-state index contributed by atoms with van der Waals surface area (Å²) in [4.78, 5) is 0. The van der Waals surface area contributed by atoms with E-state index >= 15 is 0 Å². The van der Waals surface area contributed by atoms with E-state index in [0.29, 0.717) is 0 Å². The molecule has 0 aliphatic rings. The number of methoxy groups -OCH3 is 1. The van der Waals surface area contributed by atoms with Crippen LogP contribution in [0.2, 0.25) is 10.0 Å². The standard InChI is InChI=1S/C7H5Cl2FO/c1-11-7-5(10)3-2-4(8)6(7)9/h2-3H,1H3. The second-order valence-corrected chi connectivity index (χ2v) is 2.66. The third kappa shape index (κ3) is 1.57. The zero-order chi connectivity index (χ0) is 8.43. The van der Waals surface area contributed by atoms with Gasteiger partial charge in [-0.1, -0.05) is 23.2 Å². The first-order chi connectivity index (χ1) is 5.16. The van der Waals surface area contributed by atoms with Gasteiger partial charge in [0.1, 0.15) is 5.02 Å². The molecule has 0 atom stereocenters. The molecule has 0 fully saturated rings. The maximum atomic E-state index is 12.8. The van der Waals surface area contributed by atoms with E-state index in [4.69, 9.17) is 23.2 Å². The number of halogens is 3. The highest BCUT2D eigenvalue weighted by molar-refractivity contribution is 6.42. The molecule has 0 amide bonds. The smallest absolute Gasteiger partial charge is 0.174 e. The van der Waals surface area contributed by atoms with Crippen molar-refractivity contribution in [1.82, 2.24) is 0 Å². The molecular formula is C7H5Cl2FO. The van der Waals surface area contributed by atoms with Gasteiger partial charge in [-0.25, -0.2) is 4.39 Å². The van der Waals surface area contributed by atoms with Crippen molar-refractivity contribution in [3.05, 3.63) is 28.0 Å². The van der Waals surface area contributed by atoms with Crippen LogP contribution >= 0.6 is 23.2 Å². The van der Waals surface area contributed by atoms with E-state index in [2.05, 4.69) is 4.74 Å². The highest BCUT2D eigenvalue weighted by atomic mass is 35.5. The normalized spacial score (nSPS) is 9.82. The fourth-order valence-corrected chi connectivity index (χ4v) is 1.07. The van der Waals surface area contributed by atoms with Gasteiger partial charge >= 0.3 is 0 Å². The number of benzene rings is 1. The van der Waals surface area contributed by atoms with Crippen molar-refractivity contribution in [2.45, 2.75) is 0 Å². The van der Waals surface area contributed by atoms with Crippen LogP contribution in [0.4, 0.5) is 4.39 Å². The summed E-state index contributed by atoms with van der Waals surface area (Å²) in [6.45, 7) is 0. The third-order valence-electron chi connectivity index (χ3n) is 1.21. The van der Waals surface area contributed by atoms with Crippen LogP contribution in [0.1, 0.15) is 0 Å². The fraction of sp³-hybridized carbons (Fsp3) is 0.143. The van der Waals surface area contributed by atoms with E-state index in [1.165, 1.54) is 19.2 Å². The van der Waals surface area contributed by atoms with Crippen LogP contribution in [0.5, 0.6) is 5.75 Å². The molecule has 0 aliphatic carbocycles. The van der Waals surface area contributed by atoms with Gasteiger partial charge in [0, 0.05) is 0 Å². The van der Waals surface area contributed by atoms with Gasteiger partial charge in [-0.2, -0.15) is 0 Å². The minimum absolute atomic E-state index is 0.0147. The summed E-state index contributed by atoms with van der Waals surface area (Å²) in [5.74, 6) is -0.527. The first kappa shape index (κ1) is 8.62. The van der Waals surface area contributed by atoms with Crippen molar-refractivity contribution in [2.75, 3.05) is 7.11 Å². The van der Waals surface area contributed by atoms with Crippen LogP contribution in [0.3, 0.4) is 0 Å². The predicted octanol–water partition coefficient (Wildman–Crippen LogP) is 3.14. The van der Waals surface area contributed by atoms with Crippen molar-refractivity contribution in [2.24, 2.45) is 0 Å².